The van der Waals surface area contributed by atoms with Gasteiger partial charge >= 0.3 is 0 Å². The van der Waals surface area contributed by atoms with Gasteiger partial charge in [-0.2, -0.15) is 0 Å². The molecule has 0 heteroatoms. The average molecular weight is 1050 g/mol. The van der Waals surface area contributed by atoms with Crippen molar-refractivity contribution in [1.82, 2.24) is 0 Å². The highest BCUT2D eigenvalue weighted by Gasteiger charge is 2.35. The Labute approximate surface area is 481 Å². The summed E-state index contributed by atoms with van der Waals surface area (Å²) in [6, 6.07) is 107. The van der Waals surface area contributed by atoms with Crippen molar-refractivity contribution in [3.63, 3.8) is 0 Å². The van der Waals surface area contributed by atoms with Crippen molar-refractivity contribution >= 4 is 64.6 Å². The monoisotopic (exact) mass is 1050 g/mol. The lowest BCUT2D eigenvalue weighted by molar-refractivity contribution is 1.47. The van der Waals surface area contributed by atoms with Gasteiger partial charge in [0.15, 0.2) is 0 Å². The molecule has 18 rings (SSSR count). The normalized spacial score (nSPS) is 12.2. The Bertz CT molecular complexity index is 5380. The van der Waals surface area contributed by atoms with Crippen LogP contribution in [-0.4, -0.2) is 0 Å². The lowest BCUT2D eigenvalue weighted by Crippen LogP contribution is -1.95. The molecule has 2 aliphatic rings. The zero-order valence-electron chi connectivity index (χ0n) is 45.6. The quantitative estimate of drug-likeness (QED) is 0.110. The summed E-state index contributed by atoms with van der Waals surface area (Å²) in [6.07, 6.45) is 0. The lowest BCUT2D eigenvalue weighted by atomic mass is 9.80. The first-order chi connectivity index (χ1) is 41.2. The smallest absolute Gasteiger partial charge is 0.000718 e. The molecule has 382 valence electrons. The molecule has 16 aromatic carbocycles. The molecule has 0 fully saturated rings. The van der Waals surface area contributed by atoms with Gasteiger partial charge in [0, 0.05) is 0 Å². The molecule has 0 saturated heterocycles. The second-order valence-electron chi connectivity index (χ2n) is 22.8. The van der Waals surface area contributed by atoms with Crippen LogP contribution in [0, 0.1) is 6.92 Å². The van der Waals surface area contributed by atoms with Gasteiger partial charge in [0.05, 0.1) is 0 Å². The molecule has 0 radical (unpaired) electrons. The molecule has 0 aliphatic heterocycles. The molecule has 0 aromatic heterocycles. The van der Waals surface area contributed by atoms with Gasteiger partial charge in [-0.25, -0.2) is 0 Å². The van der Waals surface area contributed by atoms with Gasteiger partial charge in [-0.05, 0) is 206 Å². The standard InChI is InChI=1S/C83H50/c1-49-20-14-15-31-56(49)59-34-19-35-62-61(59)37-43-68-73(52-25-10-4-11-26-52)82-71-46-41-66-64-39-44-69-75-58(55-30-18-29-54(48-55)50-21-6-2-7-22-50)36-38-63(60-33-17-16-32-57(60)51-23-8-3-9-24-51)79(75)70-45-40-65(76(64)80(69)70)67-42-47-72(81(71)77(66)67)83(82)74(78(62)68)53-27-12-5-13-28-53/h2-48H,1H3. The molecule has 0 atom stereocenters. The molecule has 0 bridgehead atoms. The minimum Gasteiger partial charge on any atom is -0.0622 e. The summed E-state index contributed by atoms with van der Waals surface area (Å²) in [7, 11) is 0. The Morgan fingerprint density at radius 2 is 0.554 bits per heavy atom. The predicted octanol–water partition coefficient (Wildman–Crippen LogP) is 23.3. The molecule has 2 aliphatic carbocycles. The highest BCUT2D eigenvalue weighted by molar-refractivity contribution is 6.42. The van der Waals surface area contributed by atoms with Crippen molar-refractivity contribution in [3.05, 3.63) is 291 Å². The van der Waals surface area contributed by atoms with E-state index in [0.29, 0.717) is 0 Å². The Morgan fingerprint density at radius 3 is 1.17 bits per heavy atom. The van der Waals surface area contributed by atoms with Crippen molar-refractivity contribution in [2.24, 2.45) is 0 Å². The minimum absolute atomic E-state index is 1.21. The number of aryl methyl sites for hydroxylation is 1. The number of hydrogen-bond acceptors (Lipinski definition) is 0. The number of hydrogen-bond donors (Lipinski definition) is 0. The Balaban J connectivity index is 0.929. The van der Waals surface area contributed by atoms with Crippen molar-refractivity contribution in [2.75, 3.05) is 0 Å². The van der Waals surface area contributed by atoms with Gasteiger partial charge in [-0.15, -0.1) is 0 Å². The van der Waals surface area contributed by atoms with Crippen LogP contribution < -0.4 is 0 Å². The van der Waals surface area contributed by atoms with Crippen LogP contribution in [0.5, 0.6) is 0 Å². The molecule has 0 N–H and O–H groups in total. The first-order valence-corrected chi connectivity index (χ1v) is 29.1. The molecular weight excluding hydrogens is 997 g/mol. The van der Waals surface area contributed by atoms with Crippen LogP contribution in [-0.2, 0) is 0 Å². The molecule has 0 heterocycles. The van der Waals surface area contributed by atoms with E-state index in [0.717, 1.165) is 0 Å². The predicted molar refractivity (Wildman–Crippen MR) is 354 cm³/mol. The molecule has 16 aromatic rings. The molecule has 0 nitrogen and oxygen atoms in total. The molecule has 0 unspecified atom stereocenters. The van der Waals surface area contributed by atoms with E-state index in [1.54, 1.807) is 0 Å². The minimum atomic E-state index is 1.21. The lowest BCUT2D eigenvalue weighted by Gasteiger charge is -2.22. The summed E-state index contributed by atoms with van der Waals surface area (Å²) in [5.41, 5.74) is 29.1. The molecule has 0 saturated carbocycles. The summed E-state index contributed by atoms with van der Waals surface area (Å²) >= 11 is 0. The van der Waals surface area contributed by atoms with E-state index in [2.05, 4.69) is 292 Å². The van der Waals surface area contributed by atoms with Crippen molar-refractivity contribution in [3.8, 4) is 122 Å². The largest absolute Gasteiger partial charge is 0.0622 e. The summed E-state index contributed by atoms with van der Waals surface area (Å²) in [6.45, 7) is 2.23. The summed E-state index contributed by atoms with van der Waals surface area (Å²) in [4.78, 5) is 0. The fraction of sp³-hybridized carbons (Fsp3) is 0.0120. The maximum absolute atomic E-state index is 2.48. The summed E-state index contributed by atoms with van der Waals surface area (Å²) in [5.74, 6) is 0. The van der Waals surface area contributed by atoms with E-state index in [1.165, 1.54) is 193 Å². The topological polar surface area (TPSA) is 0 Å². The fourth-order valence-corrected chi connectivity index (χ4v) is 15.2. The van der Waals surface area contributed by atoms with Crippen molar-refractivity contribution < 1.29 is 0 Å². The van der Waals surface area contributed by atoms with Gasteiger partial charge in [0.2, 0.25) is 0 Å². The van der Waals surface area contributed by atoms with E-state index in [1.807, 2.05) is 0 Å². The number of fused-ring (bicyclic) bond motifs is 11. The Kier molecular flexibility index (Phi) is 9.82. The van der Waals surface area contributed by atoms with Gasteiger partial charge in [-0.1, -0.05) is 279 Å². The summed E-state index contributed by atoms with van der Waals surface area (Å²) in [5, 5.41) is 15.6. The molecule has 0 spiro atoms. The number of benzene rings is 16. The first kappa shape index (κ1) is 46.1. The molecular formula is C83H50. The van der Waals surface area contributed by atoms with Crippen LogP contribution in [0.4, 0.5) is 0 Å². The average Bonchev–Trinajstić information content (AvgIpc) is 1.78. The van der Waals surface area contributed by atoms with Gasteiger partial charge in [-0.3, -0.25) is 0 Å². The summed E-state index contributed by atoms with van der Waals surface area (Å²) < 4.78 is 0. The van der Waals surface area contributed by atoms with E-state index in [-0.39, 0.29) is 0 Å². The van der Waals surface area contributed by atoms with Crippen LogP contribution >= 0.6 is 0 Å². The SMILES string of the molecule is Cc1ccccc1-c1cccc2c1ccc1c(-c3ccccc3)c3c(c(-c4ccccc4)c12)-c1ccc2c4ccc5c6c(ccc(c7ccc-3c1c72)c64)-c1c(-c2cccc(-c3ccccc3)c2)ccc(-c2ccccc2-c2ccccc2)c1-5. The van der Waals surface area contributed by atoms with E-state index < -0.39 is 0 Å². The van der Waals surface area contributed by atoms with Crippen molar-refractivity contribution in [2.45, 2.75) is 6.92 Å². The highest BCUT2D eigenvalue weighted by atomic mass is 14.4. The van der Waals surface area contributed by atoms with Gasteiger partial charge < -0.3 is 0 Å². The molecule has 83 heavy (non-hydrogen) atoms. The van der Waals surface area contributed by atoms with Gasteiger partial charge in [0.1, 0.15) is 0 Å². The second-order valence-corrected chi connectivity index (χ2v) is 22.8. The third-order valence-corrected chi connectivity index (χ3v) is 18.7. The fourth-order valence-electron chi connectivity index (χ4n) is 15.2. The third-order valence-electron chi connectivity index (χ3n) is 18.7. The van der Waals surface area contributed by atoms with E-state index in [9.17, 15) is 0 Å². The first-order valence-electron chi connectivity index (χ1n) is 29.1. The van der Waals surface area contributed by atoms with Crippen molar-refractivity contribution in [1.29, 1.82) is 0 Å². The maximum atomic E-state index is 2.48. The second kappa shape index (κ2) is 17.7. The highest BCUT2D eigenvalue weighted by Crippen LogP contribution is 2.63. The zero-order valence-corrected chi connectivity index (χ0v) is 45.6. The van der Waals surface area contributed by atoms with Crippen LogP contribution in [0.3, 0.4) is 0 Å². The van der Waals surface area contributed by atoms with Gasteiger partial charge in [0.25, 0.3) is 0 Å². The Hall–Kier alpha value is -10.7. The molecule has 0 amide bonds. The maximum Gasteiger partial charge on any atom is -0.000718 e. The Morgan fingerprint density at radius 1 is 0.157 bits per heavy atom. The van der Waals surface area contributed by atoms with Crippen LogP contribution in [0.15, 0.2) is 285 Å². The zero-order chi connectivity index (χ0) is 54.4. The third kappa shape index (κ3) is 6.52. The van der Waals surface area contributed by atoms with Crippen LogP contribution in [0.2, 0.25) is 0 Å². The van der Waals surface area contributed by atoms with E-state index >= 15 is 0 Å². The number of rotatable bonds is 7. The van der Waals surface area contributed by atoms with Crippen LogP contribution in [0.1, 0.15) is 5.56 Å². The van der Waals surface area contributed by atoms with Crippen LogP contribution in [0.25, 0.3) is 187 Å². The van der Waals surface area contributed by atoms with E-state index in [4.69, 9.17) is 0 Å².